The number of thioether (sulfide) groups is 1. The maximum atomic E-state index is 13.3. The van der Waals surface area contributed by atoms with Crippen LogP contribution in [0.5, 0.6) is 5.75 Å². The van der Waals surface area contributed by atoms with E-state index in [9.17, 15) is 14.7 Å². The third-order valence-electron chi connectivity index (χ3n) is 5.15. The minimum absolute atomic E-state index is 0.0935. The lowest BCUT2D eigenvalue weighted by molar-refractivity contribution is -0.307. The van der Waals surface area contributed by atoms with Gasteiger partial charge in [-0.1, -0.05) is 60.2 Å². The lowest BCUT2D eigenvalue weighted by Crippen LogP contribution is -2.31. The summed E-state index contributed by atoms with van der Waals surface area (Å²) in [5.41, 5.74) is 3.89. The summed E-state index contributed by atoms with van der Waals surface area (Å²) in [5.74, 6) is -0.956. The topological polar surface area (TPSA) is 82.0 Å². The van der Waals surface area contributed by atoms with Crippen molar-refractivity contribution in [1.82, 2.24) is 4.90 Å². The first-order valence-corrected chi connectivity index (χ1v) is 11.6. The molecule has 1 fully saturated rings. The van der Waals surface area contributed by atoms with Crippen molar-refractivity contribution in [2.45, 2.75) is 13.3 Å². The number of rotatable bonds is 8. The number of carbonyl (C=O) groups is 2. The van der Waals surface area contributed by atoms with Crippen molar-refractivity contribution in [3.8, 4) is 5.75 Å². The highest BCUT2D eigenvalue weighted by Crippen LogP contribution is 2.34. The SMILES string of the molecule is Cc1ccc(N=C2S/C(=C\c3ccc(OCC(=O)[O-])cc3)C(=O)N2CCc2ccccc2)cc1. The summed E-state index contributed by atoms with van der Waals surface area (Å²) in [4.78, 5) is 30.9. The number of amides is 1. The van der Waals surface area contributed by atoms with Crippen LogP contribution in [0.25, 0.3) is 6.08 Å². The van der Waals surface area contributed by atoms with Crippen LogP contribution < -0.4 is 9.84 Å². The number of ether oxygens (including phenoxy) is 1. The van der Waals surface area contributed by atoms with Crippen LogP contribution in [0.15, 0.2) is 88.8 Å². The molecule has 3 aromatic carbocycles. The number of hydrogen-bond donors (Lipinski definition) is 0. The summed E-state index contributed by atoms with van der Waals surface area (Å²) in [7, 11) is 0. The Morgan fingerprint density at radius 3 is 2.41 bits per heavy atom. The molecule has 1 saturated heterocycles. The fraction of sp³-hybridized carbons (Fsp3) is 0.148. The van der Waals surface area contributed by atoms with Crippen molar-refractivity contribution in [2.24, 2.45) is 4.99 Å². The fourth-order valence-electron chi connectivity index (χ4n) is 3.36. The molecule has 0 bridgehead atoms. The standard InChI is InChI=1S/C27H24N2O4S/c1-19-7-11-22(12-8-19)28-27-29(16-15-20-5-3-2-4-6-20)26(32)24(34-27)17-21-9-13-23(14-10-21)33-18-25(30)31/h2-14,17H,15-16,18H2,1H3,(H,30,31)/p-1/b24-17-,28-27?. The van der Waals surface area contributed by atoms with Gasteiger partial charge in [0.05, 0.1) is 16.6 Å². The molecule has 0 radical (unpaired) electrons. The molecule has 0 aromatic heterocycles. The molecule has 0 saturated carbocycles. The second kappa shape index (κ2) is 10.9. The minimum Gasteiger partial charge on any atom is -0.546 e. The third-order valence-corrected chi connectivity index (χ3v) is 6.15. The Hall–Kier alpha value is -3.84. The highest BCUT2D eigenvalue weighted by Gasteiger charge is 2.33. The molecule has 1 aliphatic heterocycles. The van der Waals surface area contributed by atoms with Gasteiger partial charge in [0.2, 0.25) is 0 Å². The van der Waals surface area contributed by atoms with Gasteiger partial charge in [0.15, 0.2) is 5.17 Å². The number of benzene rings is 3. The van der Waals surface area contributed by atoms with Gasteiger partial charge in [-0.2, -0.15) is 0 Å². The van der Waals surface area contributed by atoms with Gasteiger partial charge in [-0.05, 0) is 66.6 Å². The van der Waals surface area contributed by atoms with Gasteiger partial charge in [-0.15, -0.1) is 0 Å². The van der Waals surface area contributed by atoms with Crippen LogP contribution >= 0.6 is 11.8 Å². The number of carboxylic acid groups (broad SMARTS) is 1. The van der Waals surface area contributed by atoms with E-state index in [0.717, 1.165) is 28.8 Å². The fourth-order valence-corrected chi connectivity index (χ4v) is 4.38. The largest absolute Gasteiger partial charge is 0.546 e. The molecule has 0 atom stereocenters. The first-order chi connectivity index (χ1) is 16.5. The smallest absolute Gasteiger partial charge is 0.266 e. The summed E-state index contributed by atoms with van der Waals surface area (Å²) in [6, 6.07) is 24.8. The zero-order chi connectivity index (χ0) is 23.9. The number of amidine groups is 1. The average Bonchev–Trinajstić information content (AvgIpc) is 3.13. The number of hydrogen-bond acceptors (Lipinski definition) is 6. The molecule has 172 valence electrons. The van der Waals surface area contributed by atoms with E-state index >= 15 is 0 Å². The van der Waals surface area contributed by atoms with E-state index in [1.54, 1.807) is 29.2 Å². The molecule has 6 nitrogen and oxygen atoms in total. The Kier molecular flexibility index (Phi) is 7.44. The number of aliphatic carboxylic acids is 1. The van der Waals surface area contributed by atoms with E-state index in [4.69, 9.17) is 9.73 Å². The van der Waals surface area contributed by atoms with Crippen LogP contribution in [0, 0.1) is 6.92 Å². The van der Waals surface area contributed by atoms with E-state index in [1.165, 1.54) is 11.8 Å². The van der Waals surface area contributed by atoms with E-state index in [2.05, 4.69) is 0 Å². The maximum absolute atomic E-state index is 13.3. The van der Waals surface area contributed by atoms with E-state index in [1.807, 2.05) is 67.6 Å². The zero-order valence-electron chi connectivity index (χ0n) is 18.6. The van der Waals surface area contributed by atoms with Crippen molar-refractivity contribution in [3.05, 3.63) is 100 Å². The van der Waals surface area contributed by atoms with E-state index < -0.39 is 12.6 Å². The van der Waals surface area contributed by atoms with Crippen LogP contribution in [0.1, 0.15) is 16.7 Å². The van der Waals surface area contributed by atoms with Crippen LogP contribution in [-0.4, -0.2) is 35.1 Å². The Labute approximate surface area is 202 Å². The second-order valence-electron chi connectivity index (χ2n) is 7.76. The Balaban J connectivity index is 1.56. The molecule has 1 aliphatic rings. The van der Waals surface area contributed by atoms with Crippen molar-refractivity contribution in [3.63, 3.8) is 0 Å². The summed E-state index contributed by atoms with van der Waals surface area (Å²) in [6.45, 7) is 2.03. The molecule has 0 aliphatic carbocycles. The lowest BCUT2D eigenvalue weighted by Gasteiger charge is -2.15. The highest BCUT2D eigenvalue weighted by molar-refractivity contribution is 8.18. The van der Waals surface area contributed by atoms with Crippen molar-refractivity contribution in [2.75, 3.05) is 13.2 Å². The quantitative estimate of drug-likeness (QED) is 0.465. The van der Waals surface area contributed by atoms with Crippen LogP contribution in [0.2, 0.25) is 0 Å². The summed E-state index contributed by atoms with van der Waals surface area (Å²) in [6.07, 6.45) is 2.53. The normalized spacial score (nSPS) is 15.8. The Morgan fingerprint density at radius 2 is 1.74 bits per heavy atom. The molecule has 1 heterocycles. The molecule has 0 spiro atoms. The molecule has 34 heavy (non-hydrogen) atoms. The minimum atomic E-state index is -1.28. The van der Waals surface area contributed by atoms with Gasteiger partial charge in [0.1, 0.15) is 12.4 Å². The van der Waals surface area contributed by atoms with Crippen LogP contribution in [0.4, 0.5) is 5.69 Å². The van der Waals surface area contributed by atoms with Crippen molar-refractivity contribution in [1.29, 1.82) is 0 Å². The predicted octanol–water partition coefficient (Wildman–Crippen LogP) is 3.97. The molecule has 1 amide bonds. The Bertz CT molecular complexity index is 1220. The van der Waals surface area contributed by atoms with E-state index in [0.29, 0.717) is 22.4 Å². The first-order valence-electron chi connectivity index (χ1n) is 10.8. The molecule has 7 heteroatoms. The van der Waals surface area contributed by atoms with Crippen LogP contribution in [0.3, 0.4) is 0 Å². The zero-order valence-corrected chi connectivity index (χ0v) is 19.5. The summed E-state index contributed by atoms with van der Waals surface area (Å²) < 4.78 is 5.11. The van der Waals surface area contributed by atoms with Gasteiger partial charge in [-0.3, -0.25) is 9.69 Å². The molecule has 3 aromatic rings. The summed E-state index contributed by atoms with van der Waals surface area (Å²) >= 11 is 1.34. The second-order valence-corrected chi connectivity index (χ2v) is 8.77. The lowest BCUT2D eigenvalue weighted by atomic mass is 10.1. The summed E-state index contributed by atoms with van der Waals surface area (Å²) in [5, 5.41) is 11.2. The van der Waals surface area contributed by atoms with Gasteiger partial charge < -0.3 is 14.6 Å². The van der Waals surface area contributed by atoms with Crippen LogP contribution in [-0.2, 0) is 16.0 Å². The number of carbonyl (C=O) groups excluding carboxylic acids is 2. The molecule has 0 unspecified atom stereocenters. The van der Waals surface area contributed by atoms with Gasteiger partial charge in [0, 0.05) is 6.54 Å². The average molecular weight is 472 g/mol. The van der Waals surface area contributed by atoms with Crippen molar-refractivity contribution < 1.29 is 19.4 Å². The van der Waals surface area contributed by atoms with Crippen molar-refractivity contribution >= 4 is 40.6 Å². The highest BCUT2D eigenvalue weighted by atomic mass is 32.2. The molecule has 4 rings (SSSR count). The van der Waals surface area contributed by atoms with Gasteiger partial charge in [-0.25, -0.2) is 4.99 Å². The first kappa shape index (κ1) is 23.3. The Morgan fingerprint density at radius 1 is 1.03 bits per heavy atom. The predicted molar refractivity (Wildman–Crippen MR) is 133 cm³/mol. The molecule has 0 N–H and O–H groups in total. The van der Waals surface area contributed by atoms with Gasteiger partial charge in [0.25, 0.3) is 5.91 Å². The monoisotopic (exact) mass is 471 g/mol. The molecular weight excluding hydrogens is 448 g/mol. The maximum Gasteiger partial charge on any atom is 0.266 e. The number of nitrogens with zero attached hydrogens (tertiary/aromatic N) is 2. The van der Waals surface area contributed by atoms with E-state index in [-0.39, 0.29) is 5.91 Å². The molecular formula is C27H23N2O4S-. The number of carboxylic acids is 1. The third kappa shape index (κ3) is 6.14. The number of aryl methyl sites for hydroxylation is 1. The van der Waals surface area contributed by atoms with Gasteiger partial charge >= 0.3 is 0 Å². The number of aliphatic imine (C=N–C) groups is 1.